The Balaban J connectivity index is 1.88. The summed E-state index contributed by atoms with van der Waals surface area (Å²) >= 11 is 0. The highest BCUT2D eigenvalue weighted by molar-refractivity contribution is 5.80. The van der Waals surface area contributed by atoms with Crippen molar-refractivity contribution in [3.8, 4) is 0 Å². The molecular formula is C17H29NO4. The number of piperidine rings is 1. The van der Waals surface area contributed by atoms with Crippen molar-refractivity contribution >= 4 is 11.9 Å². The van der Waals surface area contributed by atoms with Gasteiger partial charge in [0.25, 0.3) is 0 Å². The first-order valence-electron chi connectivity index (χ1n) is 8.71. The molecule has 2 rings (SSSR count). The predicted molar refractivity (Wildman–Crippen MR) is 83.4 cm³/mol. The van der Waals surface area contributed by atoms with Crippen LogP contribution >= 0.6 is 0 Å². The molecule has 1 unspecified atom stereocenters. The van der Waals surface area contributed by atoms with Crippen molar-refractivity contribution in [2.75, 3.05) is 13.1 Å². The Morgan fingerprint density at radius 1 is 1.18 bits per heavy atom. The minimum absolute atomic E-state index is 0.0547. The van der Waals surface area contributed by atoms with Gasteiger partial charge < -0.3 is 15.1 Å². The zero-order valence-corrected chi connectivity index (χ0v) is 13.6. The summed E-state index contributed by atoms with van der Waals surface area (Å²) in [5, 5.41) is 19.0. The van der Waals surface area contributed by atoms with E-state index >= 15 is 0 Å². The Hall–Kier alpha value is -1.10. The molecule has 0 bridgehead atoms. The number of nitrogens with zero attached hydrogens (tertiary/aromatic N) is 1. The van der Waals surface area contributed by atoms with Gasteiger partial charge in [0.15, 0.2) is 5.60 Å². The van der Waals surface area contributed by atoms with Crippen LogP contribution in [0.5, 0.6) is 0 Å². The molecule has 1 aliphatic carbocycles. The topological polar surface area (TPSA) is 77.8 Å². The molecule has 0 spiro atoms. The van der Waals surface area contributed by atoms with Crippen LogP contribution in [-0.4, -0.2) is 45.7 Å². The van der Waals surface area contributed by atoms with Gasteiger partial charge in [-0.05, 0) is 18.8 Å². The molecule has 0 aromatic heterocycles. The fraction of sp³-hybridized carbons (Fsp3) is 0.882. The van der Waals surface area contributed by atoms with Gasteiger partial charge in [-0.2, -0.15) is 0 Å². The van der Waals surface area contributed by atoms with Crippen LogP contribution in [0.25, 0.3) is 0 Å². The summed E-state index contributed by atoms with van der Waals surface area (Å²) in [5.41, 5.74) is -1.65. The summed E-state index contributed by atoms with van der Waals surface area (Å²) in [6, 6.07) is 0. The lowest BCUT2D eigenvalue weighted by atomic mass is 9.81. The summed E-state index contributed by atoms with van der Waals surface area (Å²) in [6.45, 7) is 2.76. The van der Waals surface area contributed by atoms with E-state index < -0.39 is 11.6 Å². The van der Waals surface area contributed by atoms with Crippen molar-refractivity contribution < 1.29 is 19.8 Å². The predicted octanol–water partition coefficient (Wildman–Crippen LogP) is 2.42. The second-order valence-electron chi connectivity index (χ2n) is 7.01. The first-order valence-corrected chi connectivity index (χ1v) is 8.71. The summed E-state index contributed by atoms with van der Waals surface area (Å²) in [7, 11) is 0. The molecule has 1 atom stereocenters. The zero-order chi connectivity index (χ0) is 16.2. The molecule has 0 aromatic rings. The molecule has 1 saturated heterocycles. The average Bonchev–Trinajstić information content (AvgIpc) is 2.53. The first-order chi connectivity index (χ1) is 10.5. The van der Waals surface area contributed by atoms with Crippen LogP contribution in [0.3, 0.4) is 0 Å². The van der Waals surface area contributed by atoms with Gasteiger partial charge in [0.1, 0.15) is 0 Å². The highest BCUT2D eigenvalue weighted by Gasteiger charge is 2.41. The third-order valence-corrected chi connectivity index (χ3v) is 5.49. The maximum absolute atomic E-state index is 12.7. The van der Waals surface area contributed by atoms with Crippen molar-refractivity contribution in [1.29, 1.82) is 0 Å². The van der Waals surface area contributed by atoms with Crippen molar-refractivity contribution in [2.24, 2.45) is 11.8 Å². The average molecular weight is 311 g/mol. The number of hydrogen-bond donors (Lipinski definition) is 2. The Bertz CT molecular complexity index is 395. The lowest BCUT2D eigenvalue weighted by molar-refractivity contribution is -0.166. The van der Waals surface area contributed by atoms with E-state index in [2.05, 4.69) is 6.92 Å². The molecule has 2 aliphatic rings. The van der Waals surface area contributed by atoms with Gasteiger partial charge in [0, 0.05) is 31.8 Å². The first kappa shape index (κ1) is 17.3. The SMILES string of the molecule is CCC(CC1CCCCC1)C(=O)N1CCC(O)(C(=O)O)CC1. The quantitative estimate of drug-likeness (QED) is 0.817. The Labute approximate surface area is 132 Å². The molecule has 2 N–H and O–H groups in total. The highest BCUT2D eigenvalue weighted by Crippen LogP contribution is 2.32. The fourth-order valence-corrected chi connectivity index (χ4v) is 3.84. The van der Waals surface area contributed by atoms with Crippen molar-refractivity contribution in [3.05, 3.63) is 0 Å². The van der Waals surface area contributed by atoms with Crippen molar-refractivity contribution in [3.63, 3.8) is 0 Å². The van der Waals surface area contributed by atoms with E-state index in [0.717, 1.165) is 12.8 Å². The molecular weight excluding hydrogens is 282 g/mol. The van der Waals surface area contributed by atoms with Crippen LogP contribution in [0.15, 0.2) is 0 Å². The molecule has 5 heteroatoms. The smallest absolute Gasteiger partial charge is 0.335 e. The molecule has 2 fully saturated rings. The number of likely N-dealkylation sites (tertiary alicyclic amines) is 1. The summed E-state index contributed by atoms with van der Waals surface area (Å²) < 4.78 is 0. The van der Waals surface area contributed by atoms with Crippen LogP contribution in [0.2, 0.25) is 0 Å². The second-order valence-corrected chi connectivity index (χ2v) is 7.01. The molecule has 1 amide bonds. The Kier molecular flexibility index (Phi) is 5.84. The molecule has 22 heavy (non-hydrogen) atoms. The number of aliphatic hydroxyl groups is 1. The molecule has 1 saturated carbocycles. The maximum atomic E-state index is 12.7. The number of amides is 1. The van der Waals surface area contributed by atoms with E-state index in [1.165, 1.54) is 32.1 Å². The van der Waals surface area contributed by atoms with Gasteiger partial charge in [-0.15, -0.1) is 0 Å². The van der Waals surface area contributed by atoms with Crippen LogP contribution in [0.1, 0.15) is 64.7 Å². The lowest BCUT2D eigenvalue weighted by Crippen LogP contribution is -2.52. The lowest BCUT2D eigenvalue weighted by Gasteiger charge is -2.37. The number of carbonyl (C=O) groups excluding carboxylic acids is 1. The molecule has 0 aromatic carbocycles. The molecule has 126 valence electrons. The second kappa shape index (κ2) is 7.44. The van der Waals surface area contributed by atoms with Crippen LogP contribution < -0.4 is 0 Å². The Morgan fingerprint density at radius 3 is 2.27 bits per heavy atom. The van der Waals surface area contributed by atoms with Gasteiger partial charge in [-0.1, -0.05) is 39.0 Å². The highest BCUT2D eigenvalue weighted by atomic mass is 16.4. The van der Waals surface area contributed by atoms with Gasteiger partial charge in [0.05, 0.1) is 0 Å². The van der Waals surface area contributed by atoms with Crippen LogP contribution in [0.4, 0.5) is 0 Å². The Morgan fingerprint density at radius 2 is 1.77 bits per heavy atom. The largest absolute Gasteiger partial charge is 0.479 e. The summed E-state index contributed by atoms with van der Waals surface area (Å²) in [4.78, 5) is 25.5. The summed E-state index contributed by atoms with van der Waals surface area (Å²) in [5.74, 6) is -0.295. The molecule has 0 radical (unpaired) electrons. The zero-order valence-electron chi connectivity index (χ0n) is 13.6. The van der Waals surface area contributed by atoms with Crippen molar-refractivity contribution in [1.82, 2.24) is 4.90 Å². The number of aliphatic carboxylic acids is 1. The summed E-state index contributed by atoms with van der Waals surface area (Å²) in [6.07, 6.45) is 8.44. The normalized spacial score (nSPS) is 24.0. The van der Waals surface area contributed by atoms with Crippen molar-refractivity contribution in [2.45, 2.75) is 70.3 Å². The van der Waals surface area contributed by atoms with Gasteiger partial charge >= 0.3 is 5.97 Å². The van der Waals surface area contributed by atoms with Gasteiger partial charge in [-0.3, -0.25) is 4.79 Å². The third kappa shape index (κ3) is 4.00. The number of carboxylic acids is 1. The number of hydrogen-bond acceptors (Lipinski definition) is 3. The standard InChI is InChI=1S/C17H29NO4/c1-2-14(12-13-6-4-3-5-7-13)15(19)18-10-8-17(22,9-11-18)16(20)21/h13-14,22H,2-12H2,1H3,(H,20,21). The van der Waals surface area contributed by atoms with E-state index in [9.17, 15) is 14.7 Å². The van der Waals surface area contributed by atoms with E-state index in [-0.39, 0.29) is 24.7 Å². The molecule has 5 nitrogen and oxygen atoms in total. The monoisotopic (exact) mass is 311 g/mol. The molecule has 1 aliphatic heterocycles. The van der Waals surface area contributed by atoms with E-state index in [0.29, 0.717) is 19.0 Å². The third-order valence-electron chi connectivity index (χ3n) is 5.49. The van der Waals surface area contributed by atoms with Crippen LogP contribution in [0, 0.1) is 11.8 Å². The number of rotatable bonds is 5. The van der Waals surface area contributed by atoms with E-state index in [4.69, 9.17) is 5.11 Å². The fourth-order valence-electron chi connectivity index (χ4n) is 3.84. The molecule has 1 heterocycles. The number of carboxylic acid groups (broad SMARTS) is 1. The van der Waals surface area contributed by atoms with Gasteiger partial charge in [-0.25, -0.2) is 4.79 Å². The van der Waals surface area contributed by atoms with Crippen LogP contribution in [-0.2, 0) is 9.59 Å². The van der Waals surface area contributed by atoms with Gasteiger partial charge in [0.2, 0.25) is 5.91 Å². The van der Waals surface area contributed by atoms with E-state index in [1.54, 1.807) is 4.90 Å². The van der Waals surface area contributed by atoms with E-state index in [1.807, 2.05) is 0 Å². The maximum Gasteiger partial charge on any atom is 0.335 e. The number of carbonyl (C=O) groups is 2. The minimum Gasteiger partial charge on any atom is -0.479 e. The minimum atomic E-state index is -1.65.